The number of ether oxygens (including phenoxy) is 1. The number of hydrogen-bond acceptors (Lipinski definition) is 3. The topological polar surface area (TPSA) is 45.9 Å². The summed E-state index contributed by atoms with van der Waals surface area (Å²) in [7, 11) is 0. The maximum absolute atomic E-state index is 13.7. The van der Waals surface area contributed by atoms with E-state index in [0.717, 1.165) is 0 Å². The van der Waals surface area contributed by atoms with Crippen molar-refractivity contribution in [3.63, 3.8) is 0 Å². The lowest BCUT2D eigenvalue weighted by molar-refractivity contribution is 0.495. The molecule has 0 spiro atoms. The van der Waals surface area contributed by atoms with Crippen LogP contribution in [0.15, 0.2) is 36.7 Å². The first kappa shape index (κ1) is 13.0. The highest BCUT2D eigenvalue weighted by Crippen LogP contribution is 2.37. The zero-order chi connectivity index (χ0) is 13.8. The summed E-state index contributed by atoms with van der Waals surface area (Å²) in [5.74, 6) is 0.0919. The number of pyridine rings is 1. The predicted octanol–water partition coefficient (Wildman–Crippen LogP) is 3.87. The average molecular weight is 256 g/mol. The molecule has 0 fully saturated rings. The van der Waals surface area contributed by atoms with Gasteiger partial charge in [0.25, 0.3) is 6.26 Å². The molecule has 0 atom stereocenters. The summed E-state index contributed by atoms with van der Waals surface area (Å²) in [6.07, 6.45) is 4.92. The van der Waals surface area contributed by atoms with Gasteiger partial charge in [-0.3, -0.25) is 4.98 Å². The summed E-state index contributed by atoms with van der Waals surface area (Å²) in [6, 6.07) is 6.31. The Morgan fingerprint density at radius 3 is 2.74 bits per heavy atom. The maximum atomic E-state index is 13.7. The van der Waals surface area contributed by atoms with Gasteiger partial charge in [-0.05, 0) is 24.1 Å². The van der Waals surface area contributed by atoms with Gasteiger partial charge < -0.3 is 4.74 Å². The number of halogens is 1. The van der Waals surface area contributed by atoms with Crippen molar-refractivity contribution in [3.8, 4) is 23.1 Å². The van der Waals surface area contributed by atoms with Crippen molar-refractivity contribution < 1.29 is 9.13 Å². The van der Waals surface area contributed by atoms with Gasteiger partial charge in [0.1, 0.15) is 5.82 Å². The maximum Gasteiger partial charge on any atom is 0.292 e. The van der Waals surface area contributed by atoms with Gasteiger partial charge in [-0.25, -0.2) is 4.39 Å². The van der Waals surface area contributed by atoms with E-state index in [1.54, 1.807) is 30.8 Å². The fourth-order valence-corrected chi connectivity index (χ4v) is 1.94. The minimum Gasteiger partial charge on any atom is -0.387 e. The van der Waals surface area contributed by atoms with Crippen LogP contribution in [0.1, 0.15) is 25.3 Å². The van der Waals surface area contributed by atoms with E-state index >= 15 is 0 Å². The van der Waals surface area contributed by atoms with E-state index in [-0.39, 0.29) is 11.7 Å². The van der Waals surface area contributed by atoms with Crippen molar-refractivity contribution in [1.29, 1.82) is 5.26 Å². The Morgan fingerprint density at radius 1 is 1.37 bits per heavy atom. The molecule has 3 nitrogen and oxygen atoms in total. The fraction of sp³-hybridized carbons (Fsp3) is 0.200. The number of rotatable bonds is 3. The molecule has 0 aliphatic rings. The average Bonchev–Trinajstić information content (AvgIpc) is 2.41. The van der Waals surface area contributed by atoms with Crippen molar-refractivity contribution in [1.82, 2.24) is 4.98 Å². The lowest BCUT2D eigenvalue weighted by Crippen LogP contribution is -1.98. The Bertz CT molecular complexity index is 618. The van der Waals surface area contributed by atoms with E-state index in [2.05, 4.69) is 4.98 Å². The molecule has 1 aromatic carbocycles. The van der Waals surface area contributed by atoms with Crippen molar-refractivity contribution >= 4 is 0 Å². The van der Waals surface area contributed by atoms with Gasteiger partial charge in [-0.1, -0.05) is 19.9 Å². The summed E-state index contributed by atoms with van der Waals surface area (Å²) in [5.41, 5.74) is 1.92. The van der Waals surface area contributed by atoms with Crippen LogP contribution in [0.4, 0.5) is 4.39 Å². The van der Waals surface area contributed by atoms with E-state index in [0.29, 0.717) is 22.4 Å². The number of nitrogens with zero attached hydrogens (tertiary/aromatic N) is 2. The molecular weight excluding hydrogens is 243 g/mol. The number of benzene rings is 1. The summed E-state index contributed by atoms with van der Waals surface area (Å²) >= 11 is 0. The molecule has 1 aromatic heterocycles. The molecule has 0 amide bonds. The molecule has 1 heterocycles. The van der Waals surface area contributed by atoms with Gasteiger partial charge in [-0.15, -0.1) is 5.26 Å². The van der Waals surface area contributed by atoms with Crippen molar-refractivity contribution in [3.05, 3.63) is 48.0 Å². The second-order valence-electron chi connectivity index (χ2n) is 4.46. The normalized spacial score (nSPS) is 10.3. The molecule has 2 rings (SSSR count). The van der Waals surface area contributed by atoms with E-state index in [4.69, 9.17) is 10.00 Å². The lowest BCUT2D eigenvalue weighted by atomic mass is 9.96. The molecule has 4 heteroatoms. The van der Waals surface area contributed by atoms with Crippen LogP contribution >= 0.6 is 0 Å². The molecule has 0 saturated carbocycles. The van der Waals surface area contributed by atoms with E-state index in [9.17, 15) is 4.39 Å². The van der Waals surface area contributed by atoms with Crippen LogP contribution in [0, 0.1) is 17.3 Å². The molecule has 0 radical (unpaired) electrons. The minimum atomic E-state index is -0.354. The van der Waals surface area contributed by atoms with Crippen LogP contribution in [-0.4, -0.2) is 4.98 Å². The molecule has 0 N–H and O–H groups in total. The zero-order valence-electron chi connectivity index (χ0n) is 10.7. The third-order valence-corrected chi connectivity index (χ3v) is 2.82. The van der Waals surface area contributed by atoms with Crippen LogP contribution in [0.2, 0.25) is 0 Å². The first-order valence-electron chi connectivity index (χ1n) is 5.93. The Kier molecular flexibility index (Phi) is 3.76. The quantitative estimate of drug-likeness (QED) is 0.783. The first-order valence-corrected chi connectivity index (χ1v) is 5.93. The fourth-order valence-electron chi connectivity index (χ4n) is 1.94. The van der Waals surface area contributed by atoms with Gasteiger partial charge in [0.15, 0.2) is 5.75 Å². The van der Waals surface area contributed by atoms with E-state index < -0.39 is 0 Å². The highest BCUT2D eigenvalue weighted by atomic mass is 19.1. The highest BCUT2D eigenvalue weighted by Gasteiger charge is 2.17. The molecule has 0 saturated heterocycles. The molecule has 2 aromatic rings. The third-order valence-electron chi connectivity index (χ3n) is 2.82. The summed E-state index contributed by atoms with van der Waals surface area (Å²) in [4.78, 5) is 4.01. The summed E-state index contributed by atoms with van der Waals surface area (Å²) in [5, 5.41) is 8.78. The Labute approximate surface area is 111 Å². The van der Waals surface area contributed by atoms with Crippen molar-refractivity contribution in [2.45, 2.75) is 19.8 Å². The predicted molar refractivity (Wildman–Crippen MR) is 70.0 cm³/mol. The summed E-state index contributed by atoms with van der Waals surface area (Å²) < 4.78 is 18.8. The first-order chi connectivity index (χ1) is 9.13. The Hall–Kier alpha value is -2.41. The van der Waals surface area contributed by atoms with Crippen LogP contribution in [0.5, 0.6) is 5.75 Å². The Balaban J connectivity index is 2.69. The summed E-state index contributed by atoms with van der Waals surface area (Å²) in [6.45, 7) is 3.85. The van der Waals surface area contributed by atoms with Gasteiger partial charge in [0.2, 0.25) is 0 Å². The van der Waals surface area contributed by atoms with Crippen LogP contribution in [-0.2, 0) is 0 Å². The smallest absolute Gasteiger partial charge is 0.292 e. The van der Waals surface area contributed by atoms with Gasteiger partial charge in [0.05, 0.1) is 0 Å². The van der Waals surface area contributed by atoms with Crippen LogP contribution in [0.25, 0.3) is 11.1 Å². The minimum absolute atomic E-state index is 0.0504. The number of hydrogen-bond donors (Lipinski definition) is 0. The number of aromatic nitrogens is 1. The number of nitriles is 1. The largest absolute Gasteiger partial charge is 0.387 e. The second kappa shape index (κ2) is 5.49. The lowest BCUT2D eigenvalue weighted by Gasteiger charge is -2.14. The van der Waals surface area contributed by atoms with Crippen LogP contribution < -0.4 is 4.74 Å². The Morgan fingerprint density at radius 2 is 2.16 bits per heavy atom. The monoisotopic (exact) mass is 256 g/mol. The molecule has 96 valence electrons. The van der Waals surface area contributed by atoms with Crippen molar-refractivity contribution in [2.75, 3.05) is 0 Å². The molecule has 0 aliphatic heterocycles. The van der Waals surface area contributed by atoms with Gasteiger partial charge in [0, 0.05) is 29.1 Å². The van der Waals surface area contributed by atoms with Gasteiger partial charge in [-0.2, -0.15) is 0 Å². The van der Waals surface area contributed by atoms with E-state index in [1.165, 1.54) is 12.1 Å². The van der Waals surface area contributed by atoms with Crippen molar-refractivity contribution in [2.24, 2.45) is 0 Å². The molecule has 0 unspecified atom stereocenters. The highest BCUT2D eigenvalue weighted by molar-refractivity contribution is 5.72. The zero-order valence-corrected chi connectivity index (χ0v) is 10.7. The van der Waals surface area contributed by atoms with E-state index in [1.807, 2.05) is 13.8 Å². The van der Waals surface area contributed by atoms with Crippen LogP contribution in [0.3, 0.4) is 0 Å². The molecular formula is C15H13FN2O. The molecule has 19 heavy (non-hydrogen) atoms. The second-order valence-corrected chi connectivity index (χ2v) is 4.46. The SMILES string of the molecule is CC(C)c1cc(F)cc(-c2cccnc2)c1OC#N. The standard InChI is InChI=1S/C15H13FN2O/c1-10(2)13-6-12(16)7-14(15(13)19-9-17)11-4-3-5-18-8-11/h3-8,10H,1-2H3. The third kappa shape index (κ3) is 2.71. The molecule has 0 aliphatic carbocycles. The van der Waals surface area contributed by atoms with Gasteiger partial charge >= 0.3 is 0 Å². The molecule has 0 bridgehead atoms.